The van der Waals surface area contributed by atoms with Gasteiger partial charge in [0.2, 0.25) is 0 Å². The van der Waals surface area contributed by atoms with Gasteiger partial charge in [-0.2, -0.15) is 0 Å². The Labute approximate surface area is 158 Å². The maximum atomic E-state index is 13.3. The monoisotopic (exact) mass is 379 g/mol. The van der Waals surface area contributed by atoms with E-state index in [2.05, 4.69) is 0 Å². The number of hydrogen-bond acceptors (Lipinski definition) is 5. The lowest BCUT2D eigenvalue weighted by molar-refractivity contribution is -0.137. The molecule has 7 heteroatoms. The molecule has 0 spiro atoms. The number of morpholine rings is 1. The van der Waals surface area contributed by atoms with Crippen LogP contribution in [0.25, 0.3) is 5.57 Å². The van der Waals surface area contributed by atoms with Crippen LogP contribution in [0.4, 0.5) is 9.18 Å². The highest BCUT2D eigenvalue weighted by molar-refractivity contribution is 5.92. The van der Waals surface area contributed by atoms with E-state index in [1.54, 1.807) is 44.7 Å². The van der Waals surface area contributed by atoms with E-state index < -0.39 is 23.8 Å². The second kappa shape index (κ2) is 8.99. The van der Waals surface area contributed by atoms with Gasteiger partial charge < -0.3 is 19.1 Å². The fourth-order valence-corrected chi connectivity index (χ4v) is 2.65. The molecular weight excluding hydrogens is 353 g/mol. The van der Waals surface area contributed by atoms with E-state index in [0.29, 0.717) is 24.3 Å². The summed E-state index contributed by atoms with van der Waals surface area (Å²) in [5.41, 5.74) is 0.549. The number of esters is 1. The molecule has 0 N–H and O–H groups in total. The van der Waals surface area contributed by atoms with Crippen LogP contribution < -0.4 is 0 Å². The van der Waals surface area contributed by atoms with Crippen molar-refractivity contribution in [3.8, 4) is 0 Å². The number of nitrogens with zero attached hydrogens (tertiary/aromatic N) is 1. The lowest BCUT2D eigenvalue weighted by Crippen LogP contribution is -2.47. The highest BCUT2D eigenvalue weighted by Crippen LogP contribution is 2.25. The average molecular weight is 379 g/mol. The Hall–Kier alpha value is -2.41. The summed E-state index contributed by atoms with van der Waals surface area (Å²) < 4.78 is 29.5. The Bertz CT molecular complexity index is 693. The fourth-order valence-electron chi connectivity index (χ4n) is 2.65. The summed E-state index contributed by atoms with van der Waals surface area (Å²) in [5.74, 6) is -0.899. The molecule has 1 aliphatic rings. The highest BCUT2D eigenvalue weighted by Gasteiger charge is 2.30. The van der Waals surface area contributed by atoms with Crippen molar-refractivity contribution in [2.24, 2.45) is 0 Å². The zero-order valence-corrected chi connectivity index (χ0v) is 16.2. The van der Waals surface area contributed by atoms with Gasteiger partial charge in [0, 0.05) is 12.6 Å². The standard InChI is InChI=1S/C20H26FNO5/c1-5-25-18(23)12-16(14-6-8-15(21)9-7-14)17-13-22(10-11-26-17)19(24)27-20(2,3)4/h6-9,12,17H,5,10-11,13H2,1-4H3/b16-12+. The van der Waals surface area contributed by atoms with E-state index in [1.165, 1.54) is 18.2 Å². The summed E-state index contributed by atoms with van der Waals surface area (Å²) >= 11 is 0. The fraction of sp³-hybridized carbons (Fsp3) is 0.500. The second-order valence-electron chi connectivity index (χ2n) is 7.14. The summed E-state index contributed by atoms with van der Waals surface area (Å²) in [6.07, 6.45) is 0.339. The minimum absolute atomic E-state index is 0.220. The molecule has 27 heavy (non-hydrogen) atoms. The third-order valence-corrected chi connectivity index (χ3v) is 3.80. The molecule has 1 atom stereocenters. The van der Waals surface area contributed by atoms with Gasteiger partial charge in [0.1, 0.15) is 17.5 Å². The molecule has 2 rings (SSSR count). The van der Waals surface area contributed by atoms with E-state index in [-0.39, 0.29) is 19.0 Å². The van der Waals surface area contributed by atoms with Crippen molar-refractivity contribution in [3.63, 3.8) is 0 Å². The van der Waals surface area contributed by atoms with Gasteiger partial charge in [-0.15, -0.1) is 0 Å². The number of carbonyl (C=O) groups is 2. The van der Waals surface area contributed by atoms with Gasteiger partial charge in [-0.25, -0.2) is 14.0 Å². The summed E-state index contributed by atoms with van der Waals surface area (Å²) in [5, 5.41) is 0. The van der Waals surface area contributed by atoms with Crippen LogP contribution in [0.2, 0.25) is 0 Å². The lowest BCUT2D eigenvalue weighted by atomic mass is 9.98. The Kier molecular flexibility index (Phi) is 6.96. The van der Waals surface area contributed by atoms with Crippen molar-refractivity contribution in [2.45, 2.75) is 39.4 Å². The Morgan fingerprint density at radius 3 is 2.56 bits per heavy atom. The molecule has 0 bridgehead atoms. The van der Waals surface area contributed by atoms with Gasteiger partial charge in [0.05, 0.1) is 19.8 Å². The first-order valence-corrected chi connectivity index (χ1v) is 8.93. The summed E-state index contributed by atoms with van der Waals surface area (Å²) in [6.45, 7) is 8.25. The van der Waals surface area contributed by atoms with Gasteiger partial charge >= 0.3 is 12.1 Å². The van der Waals surface area contributed by atoms with E-state index in [0.717, 1.165) is 0 Å². The maximum absolute atomic E-state index is 13.3. The van der Waals surface area contributed by atoms with E-state index >= 15 is 0 Å². The molecule has 1 unspecified atom stereocenters. The summed E-state index contributed by atoms with van der Waals surface area (Å²) in [7, 11) is 0. The smallest absolute Gasteiger partial charge is 0.410 e. The number of carbonyl (C=O) groups excluding carboxylic acids is 2. The minimum atomic E-state index is -0.606. The van der Waals surface area contributed by atoms with Gasteiger partial charge in [-0.05, 0) is 51.0 Å². The Morgan fingerprint density at radius 1 is 1.30 bits per heavy atom. The zero-order chi connectivity index (χ0) is 20.0. The molecule has 1 heterocycles. The third kappa shape index (κ3) is 6.36. The molecule has 1 aromatic carbocycles. The van der Waals surface area contributed by atoms with Crippen LogP contribution in [0.5, 0.6) is 0 Å². The first-order chi connectivity index (χ1) is 12.7. The average Bonchev–Trinajstić information content (AvgIpc) is 2.59. The zero-order valence-electron chi connectivity index (χ0n) is 16.2. The molecule has 1 amide bonds. The predicted octanol–water partition coefficient (Wildman–Crippen LogP) is 3.41. The molecule has 0 aliphatic carbocycles. The van der Waals surface area contributed by atoms with Crippen molar-refractivity contribution < 1.29 is 28.2 Å². The normalized spacial score (nSPS) is 18.2. The van der Waals surface area contributed by atoms with Crippen LogP contribution in [0.15, 0.2) is 30.3 Å². The number of benzene rings is 1. The van der Waals surface area contributed by atoms with Crippen LogP contribution >= 0.6 is 0 Å². The second-order valence-corrected chi connectivity index (χ2v) is 7.14. The Morgan fingerprint density at radius 2 is 1.96 bits per heavy atom. The quantitative estimate of drug-likeness (QED) is 0.593. The van der Waals surface area contributed by atoms with Gasteiger partial charge in [-0.3, -0.25) is 0 Å². The Balaban J connectivity index is 2.25. The first kappa shape index (κ1) is 20.9. The van der Waals surface area contributed by atoms with Gasteiger partial charge in [0.25, 0.3) is 0 Å². The van der Waals surface area contributed by atoms with E-state index in [9.17, 15) is 14.0 Å². The van der Waals surface area contributed by atoms with Crippen LogP contribution in [0.1, 0.15) is 33.3 Å². The van der Waals surface area contributed by atoms with Crippen LogP contribution in [-0.2, 0) is 19.0 Å². The van der Waals surface area contributed by atoms with Crippen molar-refractivity contribution in [1.29, 1.82) is 0 Å². The third-order valence-electron chi connectivity index (χ3n) is 3.80. The summed E-state index contributed by atoms with van der Waals surface area (Å²) in [6, 6.07) is 5.75. The molecule has 0 aromatic heterocycles. The first-order valence-electron chi connectivity index (χ1n) is 8.93. The molecule has 148 valence electrons. The van der Waals surface area contributed by atoms with Crippen LogP contribution in [-0.4, -0.2) is 55.0 Å². The topological polar surface area (TPSA) is 65.1 Å². The van der Waals surface area contributed by atoms with E-state index in [1.807, 2.05) is 0 Å². The molecule has 1 aliphatic heterocycles. The van der Waals surface area contributed by atoms with Crippen molar-refractivity contribution in [3.05, 3.63) is 41.7 Å². The maximum Gasteiger partial charge on any atom is 0.410 e. The largest absolute Gasteiger partial charge is 0.463 e. The van der Waals surface area contributed by atoms with Crippen molar-refractivity contribution >= 4 is 17.6 Å². The SMILES string of the molecule is CCOC(=O)/C=C(\c1ccc(F)cc1)C1CN(C(=O)OC(C)(C)C)CCO1. The predicted molar refractivity (Wildman–Crippen MR) is 98.6 cm³/mol. The van der Waals surface area contributed by atoms with Crippen molar-refractivity contribution in [2.75, 3.05) is 26.3 Å². The van der Waals surface area contributed by atoms with E-state index in [4.69, 9.17) is 14.2 Å². The van der Waals surface area contributed by atoms with Crippen molar-refractivity contribution in [1.82, 2.24) is 4.90 Å². The minimum Gasteiger partial charge on any atom is -0.463 e. The number of rotatable bonds is 4. The number of ether oxygens (including phenoxy) is 3. The summed E-state index contributed by atoms with van der Waals surface area (Å²) in [4.78, 5) is 25.9. The molecule has 1 aromatic rings. The molecular formula is C20H26FNO5. The van der Waals surface area contributed by atoms with Gasteiger partial charge in [0.15, 0.2) is 0 Å². The van der Waals surface area contributed by atoms with Crippen LogP contribution in [0, 0.1) is 5.82 Å². The number of amides is 1. The molecule has 1 fully saturated rings. The highest BCUT2D eigenvalue weighted by atomic mass is 19.1. The molecule has 1 saturated heterocycles. The van der Waals surface area contributed by atoms with Gasteiger partial charge in [-0.1, -0.05) is 12.1 Å². The molecule has 6 nitrogen and oxygen atoms in total. The van der Waals surface area contributed by atoms with Crippen LogP contribution in [0.3, 0.4) is 0 Å². The number of hydrogen-bond donors (Lipinski definition) is 0. The molecule has 0 radical (unpaired) electrons. The molecule has 0 saturated carbocycles. The number of halogens is 1. The lowest BCUT2D eigenvalue weighted by Gasteiger charge is -2.35.